The molecule has 0 saturated heterocycles. The number of carboxylic acid groups (broad SMARTS) is 1. The first-order chi connectivity index (χ1) is 13.9. The summed E-state index contributed by atoms with van der Waals surface area (Å²) in [6, 6.07) is 14.2. The van der Waals surface area contributed by atoms with Gasteiger partial charge in [0.1, 0.15) is 0 Å². The van der Waals surface area contributed by atoms with Gasteiger partial charge in [-0.2, -0.15) is 0 Å². The van der Waals surface area contributed by atoms with Crippen molar-refractivity contribution in [3.05, 3.63) is 71.8 Å². The van der Waals surface area contributed by atoms with Crippen molar-refractivity contribution < 1.29 is 19.5 Å². The molecule has 0 unspecified atom stereocenters. The van der Waals surface area contributed by atoms with E-state index in [0.717, 1.165) is 12.0 Å². The number of carbonyl (C=O) groups excluding carboxylic acids is 2. The molecule has 2 amide bonds. The topological polar surface area (TPSA) is 95.5 Å². The number of nitrogens with one attached hydrogen (secondary N) is 2. The second kappa shape index (κ2) is 7.54. The van der Waals surface area contributed by atoms with Gasteiger partial charge in [-0.05, 0) is 61.1 Å². The molecule has 4 rings (SSSR count). The van der Waals surface area contributed by atoms with Gasteiger partial charge in [0.05, 0.1) is 11.8 Å². The average Bonchev–Trinajstić information content (AvgIpc) is 3.32. The predicted molar refractivity (Wildman–Crippen MR) is 110 cm³/mol. The summed E-state index contributed by atoms with van der Waals surface area (Å²) < 4.78 is 0. The first kappa shape index (κ1) is 18.9. The van der Waals surface area contributed by atoms with Crippen LogP contribution in [0.5, 0.6) is 0 Å². The van der Waals surface area contributed by atoms with Gasteiger partial charge < -0.3 is 15.7 Å². The van der Waals surface area contributed by atoms with Crippen LogP contribution in [0.2, 0.25) is 0 Å². The third kappa shape index (κ3) is 3.66. The van der Waals surface area contributed by atoms with E-state index in [-0.39, 0.29) is 23.7 Å². The molecule has 2 aromatic carbocycles. The van der Waals surface area contributed by atoms with E-state index in [2.05, 4.69) is 10.6 Å². The molecule has 2 bridgehead atoms. The van der Waals surface area contributed by atoms with Crippen molar-refractivity contribution in [3.63, 3.8) is 0 Å². The summed E-state index contributed by atoms with van der Waals surface area (Å²) in [5, 5.41) is 15.3. The number of hydrogen-bond donors (Lipinski definition) is 3. The summed E-state index contributed by atoms with van der Waals surface area (Å²) in [6.45, 7) is 1.84. The molecule has 0 aliphatic heterocycles. The maximum atomic E-state index is 12.8. The average molecular weight is 390 g/mol. The molecule has 1 saturated carbocycles. The molecule has 6 nitrogen and oxygen atoms in total. The van der Waals surface area contributed by atoms with Gasteiger partial charge in [0.15, 0.2) is 0 Å². The molecular formula is C23H22N2O4. The molecule has 0 aromatic heterocycles. The molecule has 2 aliphatic rings. The summed E-state index contributed by atoms with van der Waals surface area (Å²) in [7, 11) is 0. The van der Waals surface area contributed by atoms with Crippen LogP contribution in [0.15, 0.2) is 60.7 Å². The predicted octanol–water partition coefficient (Wildman–Crippen LogP) is 3.71. The standard InChI is InChI=1S/C23H22N2O4/c1-13-11-17(9-10-18(13)25-21(26)14-5-3-2-4-6-14)24-22(27)19-15-7-8-16(12-15)20(19)23(28)29/h2-11,15-16,19-20H,12H2,1H3,(H,24,27)(H,25,26)(H,28,29)/t15-,16+,19+,20+/m1/s1. The molecule has 0 radical (unpaired) electrons. The molecule has 3 N–H and O–H groups in total. The lowest BCUT2D eigenvalue weighted by atomic mass is 9.82. The number of aryl methyl sites for hydroxylation is 1. The van der Waals surface area contributed by atoms with Gasteiger partial charge in [0, 0.05) is 16.9 Å². The Balaban J connectivity index is 1.46. The van der Waals surface area contributed by atoms with Crippen LogP contribution in [0.4, 0.5) is 11.4 Å². The number of benzene rings is 2. The summed E-state index contributed by atoms with van der Waals surface area (Å²) in [5.41, 5.74) is 2.60. The maximum absolute atomic E-state index is 12.8. The van der Waals surface area contributed by atoms with E-state index in [1.807, 2.05) is 25.1 Å². The van der Waals surface area contributed by atoms with Crippen molar-refractivity contribution >= 4 is 29.2 Å². The molecule has 6 heteroatoms. The van der Waals surface area contributed by atoms with Gasteiger partial charge in [0.2, 0.25) is 5.91 Å². The number of anilines is 2. The first-order valence-electron chi connectivity index (χ1n) is 9.63. The minimum atomic E-state index is -0.919. The second-order valence-electron chi connectivity index (χ2n) is 7.68. The van der Waals surface area contributed by atoms with Crippen molar-refractivity contribution in [3.8, 4) is 0 Å². The van der Waals surface area contributed by atoms with E-state index in [1.165, 1.54) is 0 Å². The smallest absolute Gasteiger partial charge is 0.307 e. The van der Waals surface area contributed by atoms with Gasteiger partial charge in [-0.3, -0.25) is 14.4 Å². The minimum Gasteiger partial charge on any atom is -0.481 e. The van der Waals surface area contributed by atoms with Crippen molar-refractivity contribution in [2.24, 2.45) is 23.7 Å². The van der Waals surface area contributed by atoms with Crippen LogP contribution in [-0.2, 0) is 9.59 Å². The molecule has 148 valence electrons. The molecule has 29 heavy (non-hydrogen) atoms. The number of fused-ring (bicyclic) bond motifs is 2. The zero-order chi connectivity index (χ0) is 20.5. The molecular weight excluding hydrogens is 368 g/mol. The van der Waals surface area contributed by atoms with Crippen LogP contribution >= 0.6 is 0 Å². The van der Waals surface area contributed by atoms with Crippen molar-refractivity contribution in [2.75, 3.05) is 10.6 Å². The molecule has 2 aliphatic carbocycles. The molecule has 1 fully saturated rings. The number of aliphatic carboxylic acids is 1. The fourth-order valence-electron chi connectivity index (χ4n) is 4.41. The minimum absolute atomic E-state index is 0.0216. The highest BCUT2D eigenvalue weighted by Gasteiger charge is 2.51. The Kier molecular flexibility index (Phi) is 4.92. The lowest BCUT2D eigenvalue weighted by molar-refractivity contribution is -0.146. The van der Waals surface area contributed by atoms with Gasteiger partial charge >= 0.3 is 5.97 Å². The number of rotatable bonds is 5. The van der Waals surface area contributed by atoms with E-state index in [1.54, 1.807) is 42.5 Å². The highest BCUT2D eigenvalue weighted by atomic mass is 16.4. The fraction of sp³-hybridized carbons (Fsp3) is 0.261. The Morgan fingerprint density at radius 2 is 1.62 bits per heavy atom. The van der Waals surface area contributed by atoms with Crippen molar-refractivity contribution in [1.82, 2.24) is 0 Å². The summed E-state index contributed by atoms with van der Waals surface area (Å²) in [6.07, 6.45) is 4.60. The zero-order valence-corrected chi connectivity index (χ0v) is 16.0. The van der Waals surface area contributed by atoms with Crippen LogP contribution in [-0.4, -0.2) is 22.9 Å². The number of hydrogen-bond acceptors (Lipinski definition) is 3. The normalized spacial score (nSPS) is 24.3. The SMILES string of the molecule is Cc1cc(NC(=O)[C@@H]2[C@@H](C(=O)O)[C@H]3C=C[C@@H]2C3)ccc1NC(=O)c1ccccc1. The van der Waals surface area contributed by atoms with E-state index in [0.29, 0.717) is 16.9 Å². The monoisotopic (exact) mass is 390 g/mol. The lowest BCUT2D eigenvalue weighted by Crippen LogP contribution is -2.36. The Labute approximate surface area is 168 Å². The molecule has 0 heterocycles. The van der Waals surface area contributed by atoms with Crippen LogP contribution < -0.4 is 10.6 Å². The first-order valence-corrected chi connectivity index (χ1v) is 9.63. The molecule has 0 spiro atoms. The summed E-state index contributed by atoms with van der Waals surface area (Å²) in [4.78, 5) is 36.8. The Morgan fingerprint density at radius 1 is 0.931 bits per heavy atom. The third-order valence-electron chi connectivity index (χ3n) is 5.83. The second-order valence-corrected chi connectivity index (χ2v) is 7.68. The number of carbonyl (C=O) groups is 3. The van der Waals surface area contributed by atoms with E-state index >= 15 is 0 Å². The van der Waals surface area contributed by atoms with E-state index in [4.69, 9.17) is 0 Å². The van der Waals surface area contributed by atoms with Crippen LogP contribution in [0, 0.1) is 30.6 Å². The molecule has 4 atom stereocenters. The van der Waals surface area contributed by atoms with Crippen molar-refractivity contribution in [1.29, 1.82) is 0 Å². The Morgan fingerprint density at radius 3 is 2.28 bits per heavy atom. The highest BCUT2D eigenvalue weighted by molar-refractivity contribution is 6.05. The lowest BCUT2D eigenvalue weighted by Gasteiger charge is -2.24. The highest BCUT2D eigenvalue weighted by Crippen LogP contribution is 2.48. The summed E-state index contributed by atoms with van der Waals surface area (Å²) >= 11 is 0. The Bertz CT molecular complexity index is 999. The number of amides is 2. The summed E-state index contributed by atoms with van der Waals surface area (Å²) in [5.74, 6) is -2.71. The Hall–Kier alpha value is -3.41. The zero-order valence-electron chi connectivity index (χ0n) is 16.0. The quantitative estimate of drug-likeness (QED) is 0.678. The van der Waals surface area contributed by atoms with Crippen molar-refractivity contribution in [2.45, 2.75) is 13.3 Å². The fourth-order valence-corrected chi connectivity index (χ4v) is 4.41. The van der Waals surface area contributed by atoms with E-state index < -0.39 is 17.8 Å². The maximum Gasteiger partial charge on any atom is 0.307 e. The van der Waals surface area contributed by atoms with Gasteiger partial charge in [0.25, 0.3) is 5.91 Å². The molecule has 2 aromatic rings. The van der Waals surface area contributed by atoms with Gasteiger partial charge in [-0.25, -0.2) is 0 Å². The largest absolute Gasteiger partial charge is 0.481 e. The van der Waals surface area contributed by atoms with Crippen LogP contribution in [0.1, 0.15) is 22.3 Å². The van der Waals surface area contributed by atoms with E-state index in [9.17, 15) is 19.5 Å². The third-order valence-corrected chi connectivity index (χ3v) is 5.83. The number of carboxylic acids is 1. The van der Waals surface area contributed by atoms with Crippen LogP contribution in [0.25, 0.3) is 0 Å². The van der Waals surface area contributed by atoms with Gasteiger partial charge in [-0.1, -0.05) is 30.4 Å². The number of allylic oxidation sites excluding steroid dienone is 2. The van der Waals surface area contributed by atoms with Crippen LogP contribution in [0.3, 0.4) is 0 Å². The van der Waals surface area contributed by atoms with Gasteiger partial charge in [-0.15, -0.1) is 0 Å².